The van der Waals surface area contributed by atoms with E-state index in [1.165, 1.54) is 27.5 Å². The van der Waals surface area contributed by atoms with Gasteiger partial charge in [0.25, 0.3) is 0 Å². The molecule has 2 rings (SSSR count). The molecule has 1 atom stereocenters. The lowest BCUT2D eigenvalue weighted by Gasteiger charge is -2.22. The van der Waals surface area contributed by atoms with Crippen LogP contribution < -0.4 is 5.73 Å². The van der Waals surface area contributed by atoms with Crippen molar-refractivity contribution in [3.63, 3.8) is 0 Å². The molecule has 1 nitrogen and oxygen atoms in total. The molecule has 2 heteroatoms. The van der Waals surface area contributed by atoms with Gasteiger partial charge in [-0.1, -0.05) is 12.1 Å². The van der Waals surface area contributed by atoms with Crippen molar-refractivity contribution in [2.75, 3.05) is 0 Å². The first-order valence-corrected chi connectivity index (χ1v) is 5.40. The highest BCUT2D eigenvalue weighted by atomic mass is 127. The van der Waals surface area contributed by atoms with Crippen molar-refractivity contribution >= 4 is 22.6 Å². The maximum Gasteiger partial charge on any atom is 0.0298 e. The Morgan fingerprint density at radius 1 is 1.42 bits per heavy atom. The van der Waals surface area contributed by atoms with Gasteiger partial charge in [-0.05, 0) is 59.0 Å². The molecule has 0 heterocycles. The Balaban J connectivity index is 2.52. The van der Waals surface area contributed by atoms with E-state index in [4.69, 9.17) is 5.73 Å². The zero-order valence-corrected chi connectivity index (χ0v) is 9.04. The average Bonchev–Trinajstić information content (AvgIpc) is 2.07. The van der Waals surface area contributed by atoms with Crippen molar-refractivity contribution in [3.8, 4) is 0 Å². The van der Waals surface area contributed by atoms with Gasteiger partial charge in [0.15, 0.2) is 0 Å². The van der Waals surface area contributed by atoms with Crippen LogP contribution in [-0.2, 0) is 6.42 Å². The van der Waals surface area contributed by atoms with Gasteiger partial charge in [0.2, 0.25) is 0 Å². The predicted octanol–water partition coefficient (Wildman–Crippen LogP) is 2.63. The van der Waals surface area contributed by atoms with Gasteiger partial charge in [0.05, 0.1) is 0 Å². The molecule has 0 amide bonds. The van der Waals surface area contributed by atoms with Crippen LogP contribution in [-0.4, -0.2) is 0 Å². The SMILES string of the molecule is N[C@H]1CCCc2c(I)cccc21. The number of hydrogen-bond donors (Lipinski definition) is 1. The lowest BCUT2D eigenvalue weighted by molar-refractivity contribution is 0.569. The van der Waals surface area contributed by atoms with Crippen molar-refractivity contribution in [3.05, 3.63) is 32.9 Å². The number of nitrogens with two attached hydrogens (primary N) is 1. The minimum atomic E-state index is 0.281. The number of halogens is 1. The van der Waals surface area contributed by atoms with Gasteiger partial charge in [-0.2, -0.15) is 0 Å². The van der Waals surface area contributed by atoms with Gasteiger partial charge in [-0.15, -0.1) is 0 Å². The van der Waals surface area contributed by atoms with Crippen LogP contribution in [0.1, 0.15) is 30.0 Å². The van der Waals surface area contributed by atoms with Crippen molar-refractivity contribution in [1.29, 1.82) is 0 Å². The van der Waals surface area contributed by atoms with E-state index in [0.717, 1.165) is 6.42 Å². The first kappa shape index (κ1) is 8.51. The van der Waals surface area contributed by atoms with E-state index in [1.807, 2.05) is 0 Å². The molecule has 0 saturated carbocycles. The number of benzene rings is 1. The van der Waals surface area contributed by atoms with Crippen molar-refractivity contribution < 1.29 is 0 Å². The highest BCUT2D eigenvalue weighted by Crippen LogP contribution is 2.30. The maximum atomic E-state index is 6.01. The molecule has 1 aliphatic rings. The van der Waals surface area contributed by atoms with Gasteiger partial charge in [-0.25, -0.2) is 0 Å². The fourth-order valence-electron chi connectivity index (χ4n) is 1.84. The Bertz CT molecular complexity index is 296. The van der Waals surface area contributed by atoms with E-state index in [2.05, 4.69) is 40.8 Å². The van der Waals surface area contributed by atoms with E-state index in [-0.39, 0.29) is 6.04 Å². The van der Waals surface area contributed by atoms with Crippen molar-refractivity contribution in [1.82, 2.24) is 0 Å². The standard InChI is InChI=1S/C10H12IN/c11-9-5-1-4-8-7(9)3-2-6-10(8)12/h1,4-5,10H,2-3,6,12H2/t10-/m0/s1. The Hall–Kier alpha value is -0.0900. The van der Waals surface area contributed by atoms with Crippen LogP contribution in [0.3, 0.4) is 0 Å². The number of fused-ring (bicyclic) bond motifs is 1. The van der Waals surface area contributed by atoms with Crippen LogP contribution in [0.5, 0.6) is 0 Å². The maximum absolute atomic E-state index is 6.01. The molecule has 0 aromatic heterocycles. The molecule has 0 radical (unpaired) electrons. The molecular formula is C10H12IN. The molecule has 2 N–H and O–H groups in total. The minimum Gasteiger partial charge on any atom is -0.324 e. The summed E-state index contributed by atoms with van der Waals surface area (Å²) in [6, 6.07) is 6.72. The molecule has 1 aromatic carbocycles. The lowest BCUT2D eigenvalue weighted by Crippen LogP contribution is -2.17. The summed E-state index contributed by atoms with van der Waals surface area (Å²) in [5, 5.41) is 0. The second kappa shape index (κ2) is 3.34. The zero-order chi connectivity index (χ0) is 8.55. The van der Waals surface area contributed by atoms with Gasteiger partial charge < -0.3 is 5.73 Å². The van der Waals surface area contributed by atoms with E-state index in [9.17, 15) is 0 Å². The fourth-order valence-corrected chi connectivity index (χ4v) is 2.63. The van der Waals surface area contributed by atoms with Crippen LogP contribution in [0.25, 0.3) is 0 Å². The molecule has 0 bridgehead atoms. The monoisotopic (exact) mass is 273 g/mol. The summed E-state index contributed by atoms with van der Waals surface area (Å²) in [5.41, 5.74) is 8.86. The van der Waals surface area contributed by atoms with Crippen molar-refractivity contribution in [2.24, 2.45) is 5.73 Å². The molecule has 64 valence electrons. The second-order valence-corrected chi connectivity index (χ2v) is 4.47. The van der Waals surface area contributed by atoms with Crippen LogP contribution >= 0.6 is 22.6 Å². The van der Waals surface area contributed by atoms with E-state index < -0.39 is 0 Å². The lowest BCUT2D eigenvalue weighted by atomic mass is 9.88. The normalized spacial score (nSPS) is 22.0. The summed E-state index contributed by atoms with van der Waals surface area (Å²) in [5.74, 6) is 0. The summed E-state index contributed by atoms with van der Waals surface area (Å²) in [4.78, 5) is 0. The summed E-state index contributed by atoms with van der Waals surface area (Å²) in [7, 11) is 0. The third kappa shape index (κ3) is 1.38. The zero-order valence-electron chi connectivity index (χ0n) is 6.89. The Kier molecular flexibility index (Phi) is 2.37. The smallest absolute Gasteiger partial charge is 0.0298 e. The summed E-state index contributed by atoms with van der Waals surface area (Å²) in [6.07, 6.45) is 3.60. The minimum absolute atomic E-state index is 0.281. The molecule has 0 unspecified atom stereocenters. The molecule has 0 aliphatic heterocycles. The van der Waals surface area contributed by atoms with Gasteiger partial charge in [0.1, 0.15) is 0 Å². The van der Waals surface area contributed by atoms with E-state index in [1.54, 1.807) is 0 Å². The molecular weight excluding hydrogens is 261 g/mol. The summed E-state index contributed by atoms with van der Waals surface area (Å²) in [6.45, 7) is 0. The fraction of sp³-hybridized carbons (Fsp3) is 0.400. The molecule has 0 fully saturated rings. The van der Waals surface area contributed by atoms with E-state index in [0.29, 0.717) is 0 Å². The molecule has 0 saturated heterocycles. The molecule has 1 aromatic rings. The third-order valence-corrected chi connectivity index (χ3v) is 3.51. The topological polar surface area (TPSA) is 26.0 Å². The number of rotatable bonds is 0. The Morgan fingerprint density at radius 2 is 2.25 bits per heavy atom. The quantitative estimate of drug-likeness (QED) is 0.722. The highest BCUT2D eigenvalue weighted by molar-refractivity contribution is 14.1. The predicted molar refractivity (Wildman–Crippen MR) is 59.0 cm³/mol. The highest BCUT2D eigenvalue weighted by Gasteiger charge is 2.17. The van der Waals surface area contributed by atoms with Crippen LogP contribution in [0.2, 0.25) is 0 Å². The first-order valence-electron chi connectivity index (χ1n) is 4.32. The Morgan fingerprint density at radius 3 is 3.00 bits per heavy atom. The van der Waals surface area contributed by atoms with E-state index >= 15 is 0 Å². The van der Waals surface area contributed by atoms with Crippen LogP contribution in [0.4, 0.5) is 0 Å². The molecule has 12 heavy (non-hydrogen) atoms. The van der Waals surface area contributed by atoms with Gasteiger partial charge >= 0.3 is 0 Å². The second-order valence-electron chi connectivity index (χ2n) is 3.31. The summed E-state index contributed by atoms with van der Waals surface area (Å²) < 4.78 is 1.38. The third-order valence-electron chi connectivity index (χ3n) is 2.50. The molecule has 1 aliphatic carbocycles. The van der Waals surface area contributed by atoms with Crippen LogP contribution in [0, 0.1) is 3.57 Å². The Labute approximate surface area is 86.5 Å². The van der Waals surface area contributed by atoms with Crippen LogP contribution in [0.15, 0.2) is 18.2 Å². The molecule has 0 spiro atoms. The largest absolute Gasteiger partial charge is 0.324 e. The summed E-state index contributed by atoms with van der Waals surface area (Å²) >= 11 is 2.40. The van der Waals surface area contributed by atoms with Gasteiger partial charge in [-0.3, -0.25) is 0 Å². The average molecular weight is 273 g/mol. The van der Waals surface area contributed by atoms with Gasteiger partial charge in [0, 0.05) is 9.61 Å². The van der Waals surface area contributed by atoms with Crippen molar-refractivity contribution in [2.45, 2.75) is 25.3 Å². The first-order chi connectivity index (χ1) is 5.79. The number of hydrogen-bond acceptors (Lipinski definition) is 1.